The summed E-state index contributed by atoms with van der Waals surface area (Å²) >= 11 is 1.34. The summed E-state index contributed by atoms with van der Waals surface area (Å²) in [5, 5.41) is 10.6. The second kappa shape index (κ2) is 15.5. The predicted octanol–water partition coefficient (Wildman–Crippen LogP) is 7.01. The van der Waals surface area contributed by atoms with Crippen molar-refractivity contribution < 1.29 is 28.6 Å². The van der Waals surface area contributed by atoms with Crippen LogP contribution in [0.25, 0.3) is 16.8 Å². The van der Waals surface area contributed by atoms with Crippen molar-refractivity contribution in [3.05, 3.63) is 126 Å². The lowest BCUT2D eigenvalue weighted by atomic mass is 10.1. The molecule has 0 aliphatic heterocycles. The minimum Gasteiger partial charge on any atom is -0.493 e. The van der Waals surface area contributed by atoms with Crippen LogP contribution in [0.1, 0.15) is 15.9 Å². The number of hydrogen-bond acceptors (Lipinski definition) is 7. The van der Waals surface area contributed by atoms with Gasteiger partial charge in [0.15, 0.2) is 11.5 Å². The van der Waals surface area contributed by atoms with Crippen molar-refractivity contribution in [2.45, 2.75) is 4.90 Å². The molecule has 0 atom stereocenters. The molecular weight excluding hydrogens is 614 g/mol. The molecular formula is C37H33N3O6S. The number of nitrogens with one attached hydrogen (secondary N) is 3. The molecule has 5 aromatic rings. The van der Waals surface area contributed by atoms with Crippen LogP contribution in [0.4, 0.5) is 11.4 Å². The average Bonchev–Trinajstić information content (AvgIpc) is 3.10. The molecule has 0 saturated heterocycles. The Morgan fingerprint density at radius 3 is 2.13 bits per heavy atom. The minimum atomic E-state index is -0.557. The third-order valence-corrected chi connectivity index (χ3v) is 8.05. The van der Waals surface area contributed by atoms with Gasteiger partial charge in [-0.3, -0.25) is 14.4 Å². The maximum absolute atomic E-state index is 13.7. The van der Waals surface area contributed by atoms with Gasteiger partial charge in [0.05, 0.1) is 27.1 Å². The zero-order valence-electron chi connectivity index (χ0n) is 26.0. The SMILES string of the molecule is COc1cc(/C=C(/NC(=O)c2ccccc2)C(=O)Nc2cccc(SCC(=O)Nc3cccc4ccccc34)c2)cc(OC)c1OC. The molecule has 0 aliphatic carbocycles. The molecule has 0 fully saturated rings. The van der Waals surface area contributed by atoms with E-state index in [-0.39, 0.29) is 17.4 Å². The van der Waals surface area contributed by atoms with Gasteiger partial charge in [0.25, 0.3) is 11.8 Å². The van der Waals surface area contributed by atoms with Crippen molar-refractivity contribution >= 4 is 57.7 Å². The Morgan fingerprint density at radius 2 is 1.40 bits per heavy atom. The fourth-order valence-electron chi connectivity index (χ4n) is 4.83. The molecule has 47 heavy (non-hydrogen) atoms. The Kier molecular flexibility index (Phi) is 10.8. The van der Waals surface area contributed by atoms with Crippen LogP contribution in [-0.2, 0) is 9.59 Å². The van der Waals surface area contributed by atoms with Gasteiger partial charge in [0.2, 0.25) is 11.7 Å². The molecule has 238 valence electrons. The number of ether oxygens (including phenoxy) is 3. The number of carbonyl (C=O) groups excluding carboxylic acids is 3. The summed E-state index contributed by atoms with van der Waals surface area (Å²) in [5.41, 5.74) is 2.13. The summed E-state index contributed by atoms with van der Waals surface area (Å²) in [7, 11) is 4.49. The number of anilines is 2. The second-order valence-corrected chi connectivity index (χ2v) is 11.2. The fourth-order valence-corrected chi connectivity index (χ4v) is 5.58. The van der Waals surface area contributed by atoms with E-state index in [0.29, 0.717) is 34.1 Å². The summed E-state index contributed by atoms with van der Waals surface area (Å²) in [6.45, 7) is 0. The van der Waals surface area contributed by atoms with Crippen LogP contribution in [0.15, 0.2) is 120 Å². The summed E-state index contributed by atoms with van der Waals surface area (Å²) in [6, 6.07) is 32.7. The molecule has 5 aromatic carbocycles. The molecule has 0 radical (unpaired) electrons. The lowest BCUT2D eigenvalue weighted by molar-refractivity contribution is -0.114. The van der Waals surface area contributed by atoms with Crippen molar-refractivity contribution in [1.29, 1.82) is 0 Å². The smallest absolute Gasteiger partial charge is 0.272 e. The molecule has 0 aliphatic rings. The number of amides is 3. The summed E-state index contributed by atoms with van der Waals surface area (Å²) in [6.07, 6.45) is 1.52. The maximum atomic E-state index is 13.7. The van der Waals surface area contributed by atoms with Gasteiger partial charge in [-0.2, -0.15) is 0 Å². The number of carbonyl (C=O) groups is 3. The third-order valence-electron chi connectivity index (χ3n) is 7.05. The summed E-state index contributed by atoms with van der Waals surface area (Å²) in [4.78, 5) is 40.4. The van der Waals surface area contributed by atoms with Crippen LogP contribution in [-0.4, -0.2) is 44.8 Å². The van der Waals surface area contributed by atoms with Gasteiger partial charge in [-0.25, -0.2) is 0 Å². The predicted molar refractivity (Wildman–Crippen MR) is 186 cm³/mol. The monoisotopic (exact) mass is 647 g/mol. The molecule has 0 spiro atoms. The average molecular weight is 648 g/mol. The fraction of sp³-hybridized carbons (Fsp3) is 0.108. The number of benzene rings is 5. The Hall–Kier alpha value is -5.74. The normalized spacial score (nSPS) is 11.0. The van der Waals surface area contributed by atoms with E-state index in [1.807, 2.05) is 48.5 Å². The highest BCUT2D eigenvalue weighted by atomic mass is 32.2. The number of methoxy groups -OCH3 is 3. The van der Waals surface area contributed by atoms with E-state index < -0.39 is 11.8 Å². The van der Waals surface area contributed by atoms with Crippen LogP contribution in [0, 0.1) is 0 Å². The highest BCUT2D eigenvalue weighted by Gasteiger charge is 2.18. The van der Waals surface area contributed by atoms with Gasteiger partial charge in [-0.05, 0) is 65.6 Å². The Labute approximate surface area is 276 Å². The topological polar surface area (TPSA) is 115 Å². The Bertz CT molecular complexity index is 1910. The Morgan fingerprint density at radius 1 is 0.723 bits per heavy atom. The highest BCUT2D eigenvalue weighted by Crippen LogP contribution is 2.38. The van der Waals surface area contributed by atoms with Crippen LogP contribution >= 0.6 is 11.8 Å². The quantitative estimate of drug-likeness (QED) is 0.0986. The molecule has 0 heterocycles. The van der Waals surface area contributed by atoms with Gasteiger partial charge >= 0.3 is 0 Å². The van der Waals surface area contributed by atoms with E-state index in [0.717, 1.165) is 21.4 Å². The van der Waals surface area contributed by atoms with E-state index in [4.69, 9.17) is 14.2 Å². The maximum Gasteiger partial charge on any atom is 0.272 e. The number of rotatable bonds is 12. The first-order valence-electron chi connectivity index (χ1n) is 14.6. The van der Waals surface area contributed by atoms with Gasteiger partial charge in [0.1, 0.15) is 5.70 Å². The first kappa shape index (κ1) is 32.6. The van der Waals surface area contributed by atoms with Crippen molar-refractivity contribution in [2.75, 3.05) is 37.7 Å². The molecule has 5 rings (SSSR count). The molecule has 3 N–H and O–H groups in total. The van der Waals surface area contributed by atoms with Crippen LogP contribution in [0.3, 0.4) is 0 Å². The van der Waals surface area contributed by atoms with E-state index in [1.165, 1.54) is 39.2 Å². The zero-order chi connectivity index (χ0) is 33.2. The zero-order valence-corrected chi connectivity index (χ0v) is 26.9. The molecule has 0 bridgehead atoms. The molecule has 0 saturated carbocycles. The van der Waals surface area contributed by atoms with Gasteiger partial charge in [-0.15, -0.1) is 11.8 Å². The van der Waals surface area contributed by atoms with Crippen LogP contribution < -0.4 is 30.2 Å². The standard InChI is InChI=1S/C37H33N3O6S/c1-44-32-20-24(21-33(45-2)35(32)46-3)19-31(40-36(42)26-12-5-4-6-13-26)37(43)38-27-15-10-16-28(22-27)47-23-34(41)39-30-18-9-14-25-11-7-8-17-29(25)30/h4-22H,23H2,1-3H3,(H,38,43)(H,39,41)(H,40,42)/b31-19+. The number of thioether (sulfide) groups is 1. The number of hydrogen-bond donors (Lipinski definition) is 3. The van der Waals surface area contributed by atoms with Crippen molar-refractivity contribution in [3.8, 4) is 17.2 Å². The minimum absolute atomic E-state index is 0.0133. The van der Waals surface area contributed by atoms with Crippen molar-refractivity contribution in [1.82, 2.24) is 5.32 Å². The molecule has 9 nitrogen and oxygen atoms in total. The highest BCUT2D eigenvalue weighted by molar-refractivity contribution is 8.00. The first-order chi connectivity index (χ1) is 22.9. The lowest BCUT2D eigenvalue weighted by Crippen LogP contribution is -2.30. The van der Waals surface area contributed by atoms with E-state index in [1.54, 1.807) is 60.7 Å². The third kappa shape index (κ3) is 8.30. The largest absolute Gasteiger partial charge is 0.493 e. The van der Waals surface area contributed by atoms with E-state index in [9.17, 15) is 14.4 Å². The van der Waals surface area contributed by atoms with Crippen LogP contribution in [0.2, 0.25) is 0 Å². The molecule has 3 amide bonds. The van der Waals surface area contributed by atoms with Crippen LogP contribution in [0.5, 0.6) is 17.2 Å². The first-order valence-corrected chi connectivity index (χ1v) is 15.6. The molecule has 0 aromatic heterocycles. The molecule has 0 unspecified atom stereocenters. The van der Waals surface area contributed by atoms with Gasteiger partial charge in [-0.1, -0.05) is 60.7 Å². The van der Waals surface area contributed by atoms with E-state index in [2.05, 4.69) is 16.0 Å². The summed E-state index contributed by atoms with van der Waals surface area (Å²) < 4.78 is 16.3. The van der Waals surface area contributed by atoms with Crippen molar-refractivity contribution in [3.63, 3.8) is 0 Å². The van der Waals surface area contributed by atoms with Crippen molar-refractivity contribution in [2.24, 2.45) is 0 Å². The second-order valence-electron chi connectivity index (χ2n) is 10.2. The van der Waals surface area contributed by atoms with E-state index >= 15 is 0 Å². The molecule has 10 heteroatoms. The summed E-state index contributed by atoms with van der Waals surface area (Å²) in [5.74, 6) is 0.175. The van der Waals surface area contributed by atoms with Gasteiger partial charge in [0, 0.05) is 27.2 Å². The van der Waals surface area contributed by atoms with Gasteiger partial charge < -0.3 is 30.2 Å². The lowest BCUT2D eigenvalue weighted by Gasteiger charge is -2.15. The Balaban J connectivity index is 1.33. The number of fused-ring (bicyclic) bond motifs is 1.